The van der Waals surface area contributed by atoms with Gasteiger partial charge in [0.25, 0.3) is 0 Å². The van der Waals surface area contributed by atoms with Crippen LogP contribution in [0, 0.1) is 5.82 Å². The van der Waals surface area contributed by atoms with Crippen LogP contribution in [0.5, 0.6) is 0 Å². The summed E-state index contributed by atoms with van der Waals surface area (Å²) < 4.78 is 18.3. The van der Waals surface area contributed by atoms with Crippen molar-refractivity contribution < 1.29 is 18.7 Å². The number of halogens is 1. The topological polar surface area (TPSA) is 55.7 Å². The molecule has 0 bridgehead atoms. The second kappa shape index (κ2) is 10.8. The summed E-state index contributed by atoms with van der Waals surface area (Å²) in [5, 5.41) is 0. The number of hydrogen-bond donors (Lipinski definition) is 0. The van der Waals surface area contributed by atoms with Crippen LogP contribution in [-0.4, -0.2) is 24.1 Å². The summed E-state index contributed by atoms with van der Waals surface area (Å²) in [7, 11) is 0. The van der Waals surface area contributed by atoms with E-state index in [0.717, 1.165) is 11.1 Å². The van der Waals surface area contributed by atoms with Crippen LogP contribution in [0.1, 0.15) is 34.8 Å². The summed E-state index contributed by atoms with van der Waals surface area (Å²) in [6.07, 6.45) is 1.38. The van der Waals surface area contributed by atoms with E-state index in [2.05, 4.69) is 4.99 Å². The van der Waals surface area contributed by atoms with Gasteiger partial charge in [-0.2, -0.15) is 0 Å². The van der Waals surface area contributed by atoms with E-state index in [1.54, 1.807) is 6.92 Å². The van der Waals surface area contributed by atoms with Gasteiger partial charge in [-0.25, -0.2) is 14.2 Å². The zero-order valence-electron chi connectivity index (χ0n) is 17.1. The fourth-order valence-corrected chi connectivity index (χ4v) is 2.93. The number of hydrogen-bond acceptors (Lipinski definition) is 4. The second-order valence-corrected chi connectivity index (χ2v) is 6.64. The molecule has 0 radical (unpaired) electrons. The SMILES string of the molecule is CCOC(=O)/C(=C\CC(=O)c1ccc(F)cc1)N=C(c1ccccc1)c1ccccc1. The highest BCUT2D eigenvalue weighted by Crippen LogP contribution is 2.16. The van der Waals surface area contributed by atoms with Crippen LogP contribution in [-0.2, 0) is 9.53 Å². The molecular weight excluding hydrogens is 393 g/mol. The van der Waals surface area contributed by atoms with Crippen molar-refractivity contribution in [1.82, 2.24) is 0 Å². The summed E-state index contributed by atoms with van der Waals surface area (Å²) in [5.74, 6) is -1.28. The molecule has 0 aliphatic carbocycles. The van der Waals surface area contributed by atoms with Gasteiger partial charge in [0.05, 0.1) is 12.3 Å². The van der Waals surface area contributed by atoms with Crippen molar-refractivity contribution in [2.24, 2.45) is 4.99 Å². The standard InChI is InChI=1S/C26H22FNO3/c1-2-31-26(30)23(17-18-24(29)19-13-15-22(27)16-14-19)28-25(20-9-5-3-6-10-20)21-11-7-4-8-12-21/h3-17H,2,18H2,1H3/b23-17+. The van der Waals surface area contributed by atoms with Gasteiger partial charge in [0.2, 0.25) is 0 Å². The highest BCUT2D eigenvalue weighted by Gasteiger charge is 2.15. The largest absolute Gasteiger partial charge is 0.461 e. The van der Waals surface area contributed by atoms with E-state index in [4.69, 9.17) is 4.74 Å². The van der Waals surface area contributed by atoms with Gasteiger partial charge < -0.3 is 4.74 Å². The molecule has 0 spiro atoms. The molecule has 3 aromatic rings. The number of aliphatic imine (C=N–C) groups is 1. The Hall–Kier alpha value is -3.86. The maximum absolute atomic E-state index is 13.1. The van der Waals surface area contributed by atoms with Crippen LogP contribution in [0.3, 0.4) is 0 Å². The van der Waals surface area contributed by atoms with Crippen LogP contribution < -0.4 is 0 Å². The number of ketones is 1. The molecule has 3 aromatic carbocycles. The van der Waals surface area contributed by atoms with Crippen LogP contribution in [0.2, 0.25) is 0 Å². The number of allylic oxidation sites excluding steroid dienone is 1. The molecule has 0 atom stereocenters. The Morgan fingerprint density at radius 2 is 1.39 bits per heavy atom. The Morgan fingerprint density at radius 3 is 1.90 bits per heavy atom. The smallest absolute Gasteiger partial charge is 0.356 e. The Balaban J connectivity index is 2.00. The molecule has 0 saturated carbocycles. The average molecular weight is 415 g/mol. The van der Waals surface area contributed by atoms with Crippen molar-refractivity contribution in [2.45, 2.75) is 13.3 Å². The van der Waals surface area contributed by atoms with E-state index >= 15 is 0 Å². The molecule has 0 aromatic heterocycles. The first-order chi connectivity index (χ1) is 15.1. The Kier molecular flexibility index (Phi) is 7.60. The maximum Gasteiger partial charge on any atom is 0.356 e. The predicted octanol–water partition coefficient (Wildman–Crippen LogP) is 5.38. The second-order valence-electron chi connectivity index (χ2n) is 6.64. The maximum atomic E-state index is 13.1. The van der Waals surface area contributed by atoms with Gasteiger partial charge in [0.1, 0.15) is 11.5 Å². The molecule has 0 fully saturated rings. The number of rotatable bonds is 8. The number of Topliss-reactive ketones (excluding diaryl/α,β-unsaturated/α-hetero) is 1. The van der Waals surface area contributed by atoms with Gasteiger partial charge in [-0.1, -0.05) is 60.7 Å². The third kappa shape index (κ3) is 6.06. The average Bonchev–Trinajstić information content (AvgIpc) is 2.81. The molecule has 0 aliphatic rings. The Bertz CT molecular complexity index is 1050. The van der Waals surface area contributed by atoms with E-state index in [1.807, 2.05) is 60.7 Å². The molecule has 0 amide bonds. The zero-order valence-corrected chi connectivity index (χ0v) is 17.1. The minimum atomic E-state index is -0.612. The van der Waals surface area contributed by atoms with E-state index in [1.165, 1.54) is 30.3 Å². The molecule has 31 heavy (non-hydrogen) atoms. The van der Waals surface area contributed by atoms with Gasteiger partial charge >= 0.3 is 5.97 Å². The molecule has 0 heterocycles. The normalized spacial score (nSPS) is 11.0. The molecule has 0 aliphatic heterocycles. The predicted molar refractivity (Wildman–Crippen MR) is 119 cm³/mol. The number of benzene rings is 3. The molecule has 5 heteroatoms. The van der Waals surface area contributed by atoms with Gasteiger partial charge in [-0.05, 0) is 37.3 Å². The lowest BCUT2D eigenvalue weighted by molar-refractivity contribution is -0.138. The Morgan fingerprint density at radius 1 is 0.839 bits per heavy atom. The number of ether oxygens (including phenoxy) is 1. The van der Waals surface area contributed by atoms with Crippen molar-refractivity contribution in [2.75, 3.05) is 6.61 Å². The molecule has 0 unspecified atom stereocenters. The highest BCUT2D eigenvalue weighted by molar-refractivity contribution is 6.14. The fraction of sp³-hybridized carbons (Fsp3) is 0.115. The minimum Gasteiger partial charge on any atom is -0.461 e. The summed E-state index contributed by atoms with van der Waals surface area (Å²) in [5.41, 5.74) is 2.65. The molecule has 156 valence electrons. The van der Waals surface area contributed by atoms with E-state index in [9.17, 15) is 14.0 Å². The quantitative estimate of drug-likeness (QED) is 0.215. The number of esters is 1. The van der Waals surface area contributed by atoms with Gasteiger partial charge in [-0.15, -0.1) is 0 Å². The third-order valence-electron chi connectivity index (χ3n) is 4.46. The van der Waals surface area contributed by atoms with Crippen molar-refractivity contribution >= 4 is 17.5 Å². The first-order valence-electron chi connectivity index (χ1n) is 9.94. The summed E-state index contributed by atoms with van der Waals surface area (Å²) in [6.45, 7) is 1.89. The first kappa shape index (κ1) is 21.8. The monoisotopic (exact) mass is 415 g/mol. The van der Waals surface area contributed by atoms with Crippen molar-refractivity contribution in [3.05, 3.63) is 119 Å². The van der Waals surface area contributed by atoms with E-state index in [0.29, 0.717) is 11.3 Å². The van der Waals surface area contributed by atoms with E-state index in [-0.39, 0.29) is 24.5 Å². The molecule has 4 nitrogen and oxygen atoms in total. The van der Waals surface area contributed by atoms with Crippen molar-refractivity contribution in [1.29, 1.82) is 0 Å². The molecule has 3 rings (SSSR count). The van der Waals surface area contributed by atoms with Crippen LogP contribution in [0.4, 0.5) is 4.39 Å². The van der Waals surface area contributed by atoms with Gasteiger partial charge in [0, 0.05) is 23.1 Å². The van der Waals surface area contributed by atoms with Gasteiger partial charge in [-0.3, -0.25) is 4.79 Å². The minimum absolute atomic E-state index is 0.0417. The number of carbonyl (C=O) groups is 2. The van der Waals surface area contributed by atoms with Crippen molar-refractivity contribution in [3.8, 4) is 0 Å². The number of carbonyl (C=O) groups excluding carboxylic acids is 2. The lowest BCUT2D eigenvalue weighted by Gasteiger charge is -2.09. The highest BCUT2D eigenvalue weighted by atomic mass is 19.1. The Labute approximate surface area is 180 Å². The lowest BCUT2D eigenvalue weighted by atomic mass is 10.0. The van der Waals surface area contributed by atoms with Gasteiger partial charge in [0.15, 0.2) is 5.78 Å². The van der Waals surface area contributed by atoms with Crippen molar-refractivity contribution in [3.63, 3.8) is 0 Å². The van der Waals surface area contributed by atoms with Crippen LogP contribution in [0.25, 0.3) is 0 Å². The first-order valence-corrected chi connectivity index (χ1v) is 9.94. The van der Waals surface area contributed by atoms with Crippen LogP contribution in [0.15, 0.2) is 102 Å². The molecular formula is C26H22FNO3. The summed E-state index contributed by atoms with van der Waals surface area (Å²) in [4.78, 5) is 29.7. The lowest BCUT2D eigenvalue weighted by Crippen LogP contribution is -2.11. The third-order valence-corrected chi connectivity index (χ3v) is 4.46. The molecule has 0 saturated heterocycles. The summed E-state index contributed by atoms with van der Waals surface area (Å²) in [6, 6.07) is 24.2. The summed E-state index contributed by atoms with van der Waals surface area (Å²) >= 11 is 0. The fourth-order valence-electron chi connectivity index (χ4n) is 2.93. The van der Waals surface area contributed by atoms with E-state index < -0.39 is 11.8 Å². The molecule has 0 N–H and O–H groups in total. The van der Waals surface area contributed by atoms with Crippen LogP contribution >= 0.6 is 0 Å². The number of nitrogens with zero attached hydrogens (tertiary/aromatic N) is 1. The zero-order chi connectivity index (χ0) is 22.1.